The molecular weight excluding hydrogens is 595 g/mol. The predicted molar refractivity (Wildman–Crippen MR) is 200 cm³/mol. The summed E-state index contributed by atoms with van der Waals surface area (Å²) in [7, 11) is 0. The SMILES string of the molecule is C1=CC(c2ccc3c4c(cccc24)-c2ccccc2C3)=CCC(n2c3c(c4ccccc42)C24CC2(Oc2ccccc24)C2C=CC=CC32)=C1. The Balaban J connectivity index is 1.03. The Bertz CT molecular complexity index is 2640. The van der Waals surface area contributed by atoms with Crippen LogP contribution in [0.3, 0.4) is 0 Å². The van der Waals surface area contributed by atoms with Gasteiger partial charge in [-0.15, -0.1) is 0 Å². The molecule has 1 saturated carbocycles. The molecule has 0 saturated heterocycles. The van der Waals surface area contributed by atoms with Crippen LogP contribution >= 0.6 is 0 Å². The zero-order valence-corrected chi connectivity index (χ0v) is 27.1. The predicted octanol–water partition coefficient (Wildman–Crippen LogP) is 10.9. The van der Waals surface area contributed by atoms with E-state index in [2.05, 4.69) is 156 Å². The minimum Gasteiger partial charge on any atom is -0.485 e. The molecule has 2 heterocycles. The third-order valence-corrected chi connectivity index (χ3v) is 12.6. The first-order valence-electron chi connectivity index (χ1n) is 17.8. The van der Waals surface area contributed by atoms with E-state index in [4.69, 9.17) is 4.74 Å². The zero-order chi connectivity index (χ0) is 31.9. The van der Waals surface area contributed by atoms with Crippen molar-refractivity contribution in [2.24, 2.45) is 5.92 Å². The number of rotatable bonds is 2. The van der Waals surface area contributed by atoms with E-state index in [1.807, 2.05) is 0 Å². The van der Waals surface area contributed by atoms with Gasteiger partial charge in [-0.3, -0.25) is 0 Å². The number of aromatic nitrogens is 1. The van der Waals surface area contributed by atoms with E-state index in [1.165, 1.54) is 77.6 Å². The minimum atomic E-state index is -0.218. The third kappa shape index (κ3) is 3.14. The summed E-state index contributed by atoms with van der Waals surface area (Å²) >= 11 is 0. The van der Waals surface area contributed by atoms with Crippen molar-refractivity contribution in [3.05, 3.63) is 185 Å². The van der Waals surface area contributed by atoms with Gasteiger partial charge in [0.15, 0.2) is 0 Å². The molecule has 0 radical (unpaired) electrons. The molecule has 1 aliphatic heterocycles. The van der Waals surface area contributed by atoms with Crippen molar-refractivity contribution in [1.29, 1.82) is 0 Å². The smallest absolute Gasteiger partial charge is 0.132 e. The lowest BCUT2D eigenvalue weighted by molar-refractivity contribution is 0.117. The largest absolute Gasteiger partial charge is 0.485 e. The van der Waals surface area contributed by atoms with Crippen LogP contribution in [0.4, 0.5) is 0 Å². The second-order valence-corrected chi connectivity index (χ2v) is 14.7. The molecule has 4 unspecified atom stereocenters. The Hall–Kier alpha value is -5.60. The standard InChI is InChI=1S/C47H33NO/c1-2-14-33-30(11-1)27-31-24-26-34(36-18-10-17-35(33)43(31)36)29-12-9-13-32(25-23-29)48-41-21-7-4-16-38(41)44-45(48)37-15-3-5-19-39(37)47-28-46(44,47)40-20-6-8-22-42(40)49-47/h1-24,26,37,39H,25,27-28H2. The van der Waals surface area contributed by atoms with Gasteiger partial charge in [-0.25, -0.2) is 0 Å². The summed E-state index contributed by atoms with van der Waals surface area (Å²) in [4.78, 5) is 0. The van der Waals surface area contributed by atoms with Crippen LogP contribution in [-0.4, -0.2) is 10.2 Å². The van der Waals surface area contributed by atoms with Crippen molar-refractivity contribution in [3.8, 4) is 16.9 Å². The Labute approximate surface area is 285 Å². The lowest BCUT2D eigenvalue weighted by atomic mass is 9.68. The molecule has 2 heteroatoms. The van der Waals surface area contributed by atoms with Gasteiger partial charge in [0.1, 0.15) is 11.4 Å². The molecule has 12 rings (SSSR count). The van der Waals surface area contributed by atoms with E-state index < -0.39 is 0 Å². The van der Waals surface area contributed by atoms with Gasteiger partial charge in [0.05, 0.1) is 10.9 Å². The number of para-hydroxylation sites is 2. The fourth-order valence-corrected chi connectivity index (χ4v) is 10.7. The van der Waals surface area contributed by atoms with Crippen LogP contribution < -0.4 is 4.74 Å². The highest BCUT2D eigenvalue weighted by Gasteiger charge is 2.82. The molecule has 0 N–H and O–H groups in total. The Morgan fingerprint density at radius 1 is 0.694 bits per heavy atom. The molecule has 2 nitrogen and oxygen atoms in total. The Kier molecular flexibility index (Phi) is 4.89. The van der Waals surface area contributed by atoms with Crippen molar-refractivity contribution in [2.75, 3.05) is 0 Å². The lowest BCUT2D eigenvalue weighted by Gasteiger charge is -2.38. The topological polar surface area (TPSA) is 14.2 Å². The number of hydrogen-bond donors (Lipinski definition) is 0. The van der Waals surface area contributed by atoms with E-state index in [0.29, 0.717) is 0 Å². The van der Waals surface area contributed by atoms with Gasteiger partial charge in [-0.05, 0) is 74.4 Å². The van der Waals surface area contributed by atoms with E-state index in [9.17, 15) is 0 Å². The highest BCUT2D eigenvalue weighted by molar-refractivity contribution is 6.07. The van der Waals surface area contributed by atoms with Crippen LogP contribution in [0.2, 0.25) is 0 Å². The van der Waals surface area contributed by atoms with Gasteiger partial charge in [-0.2, -0.15) is 0 Å². The van der Waals surface area contributed by atoms with Crippen LogP contribution in [0.15, 0.2) is 152 Å². The summed E-state index contributed by atoms with van der Waals surface area (Å²) in [6.45, 7) is 0. The van der Waals surface area contributed by atoms with Crippen molar-refractivity contribution >= 4 is 32.9 Å². The number of nitrogens with zero attached hydrogens (tertiary/aromatic N) is 1. The van der Waals surface area contributed by atoms with Crippen LogP contribution in [0.5, 0.6) is 5.75 Å². The first-order chi connectivity index (χ1) is 24.3. The van der Waals surface area contributed by atoms with Crippen LogP contribution in [0, 0.1) is 5.92 Å². The highest BCUT2D eigenvalue weighted by Crippen LogP contribution is 2.78. The van der Waals surface area contributed by atoms with Gasteiger partial charge in [0, 0.05) is 47.0 Å². The van der Waals surface area contributed by atoms with Crippen LogP contribution in [0.25, 0.3) is 44.1 Å². The molecular formula is C47H33NO. The normalized spacial score (nSPS) is 26.0. The third-order valence-electron chi connectivity index (χ3n) is 12.6. The Morgan fingerprint density at radius 2 is 1.53 bits per heavy atom. The molecule has 5 aliphatic carbocycles. The Morgan fingerprint density at radius 3 is 2.53 bits per heavy atom. The van der Waals surface area contributed by atoms with Crippen molar-refractivity contribution < 1.29 is 4.74 Å². The van der Waals surface area contributed by atoms with Gasteiger partial charge >= 0.3 is 0 Å². The van der Waals surface area contributed by atoms with Crippen molar-refractivity contribution in [2.45, 2.75) is 36.2 Å². The molecule has 0 spiro atoms. The van der Waals surface area contributed by atoms with Gasteiger partial charge in [-0.1, -0.05) is 134 Å². The number of fused-ring (bicyclic) bond motifs is 8. The van der Waals surface area contributed by atoms with E-state index >= 15 is 0 Å². The quantitative estimate of drug-likeness (QED) is 0.186. The molecule has 6 aliphatic rings. The van der Waals surface area contributed by atoms with Crippen LogP contribution in [0.1, 0.15) is 52.3 Å². The van der Waals surface area contributed by atoms with Crippen LogP contribution in [-0.2, 0) is 11.8 Å². The first-order valence-corrected chi connectivity index (χ1v) is 17.8. The zero-order valence-electron chi connectivity index (χ0n) is 27.1. The molecule has 232 valence electrons. The molecule has 1 aromatic heterocycles. The van der Waals surface area contributed by atoms with E-state index in [0.717, 1.165) is 25.0 Å². The highest BCUT2D eigenvalue weighted by atomic mass is 16.5. The summed E-state index contributed by atoms with van der Waals surface area (Å²) in [6, 6.07) is 38.4. The lowest BCUT2D eigenvalue weighted by Crippen LogP contribution is -2.41. The average molecular weight is 628 g/mol. The maximum Gasteiger partial charge on any atom is 0.132 e. The molecule has 1 fully saturated rings. The maximum absolute atomic E-state index is 7.03. The molecule has 0 bridgehead atoms. The molecule has 0 amide bonds. The minimum absolute atomic E-state index is 0.120. The summed E-state index contributed by atoms with van der Waals surface area (Å²) in [6.07, 6.45) is 21.7. The summed E-state index contributed by atoms with van der Waals surface area (Å²) in [5.41, 5.74) is 14.7. The fourth-order valence-electron chi connectivity index (χ4n) is 10.7. The van der Waals surface area contributed by atoms with Crippen molar-refractivity contribution in [3.63, 3.8) is 0 Å². The van der Waals surface area contributed by atoms with Gasteiger partial charge in [0.2, 0.25) is 0 Å². The first kappa shape index (κ1) is 26.4. The number of hydrogen-bond acceptors (Lipinski definition) is 1. The summed E-state index contributed by atoms with van der Waals surface area (Å²) in [5.74, 6) is 1.60. The fraction of sp³-hybridized carbons (Fsp3) is 0.149. The maximum atomic E-state index is 7.03. The van der Waals surface area contributed by atoms with E-state index in [1.54, 1.807) is 0 Å². The average Bonchev–Trinajstić information content (AvgIpc) is 3.69. The van der Waals surface area contributed by atoms with Gasteiger partial charge < -0.3 is 9.30 Å². The summed E-state index contributed by atoms with van der Waals surface area (Å²) < 4.78 is 9.66. The number of ether oxygens (including phenoxy) is 1. The molecule has 49 heavy (non-hydrogen) atoms. The monoisotopic (exact) mass is 627 g/mol. The van der Waals surface area contributed by atoms with Crippen molar-refractivity contribution in [1.82, 2.24) is 4.57 Å². The number of benzene rings is 5. The molecule has 6 aromatic rings. The van der Waals surface area contributed by atoms with Gasteiger partial charge in [0.25, 0.3) is 0 Å². The molecule has 5 aromatic carbocycles. The van der Waals surface area contributed by atoms with E-state index in [-0.39, 0.29) is 22.9 Å². The number of allylic oxidation sites excluding steroid dienone is 9. The molecule has 4 atom stereocenters. The second kappa shape index (κ2) is 9.09. The summed E-state index contributed by atoms with van der Waals surface area (Å²) in [5, 5.41) is 4.12. The second-order valence-electron chi connectivity index (χ2n) is 14.7.